The van der Waals surface area contributed by atoms with Gasteiger partial charge in [0.05, 0.1) is 27.2 Å². The van der Waals surface area contributed by atoms with Crippen molar-refractivity contribution in [1.29, 1.82) is 0 Å². The van der Waals surface area contributed by atoms with E-state index >= 15 is 0 Å². The van der Waals surface area contributed by atoms with Crippen molar-refractivity contribution in [1.82, 2.24) is 4.90 Å². The summed E-state index contributed by atoms with van der Waals surface area (Å²) in [6.45, 7) is 7.94. The van der Waals surface area contributed by atoms with Gasteiger partial charge in [0.25, 0.3) is 0 Å². The zero-order valence-electron chi connectivity index (χ0n) is 12.1. The Morgan fingerprint density at radius 2 is 1.65 bits per heavy atom. The molecule has 2 rings (SSSR count). The highest BCUT2D eigenvalue weighted by Gasteiger charge is 2.28. The van der Waals surface area contributed by atoms with Gasteiger partial charge in [-0.1, -0.05) is 6.42 Å². The third-order valence-corrected chi connectivity index (χ3v) is 4.97. The molecule has 2 nitrogen and oxygen atoms in total. The molecular formula is C15H31N2+. The standard InChI is InChI=1S/C15H31N2/c1-14(16-9-5-4-6-10-16)13-15-7-11-17(2,3)12-8-15/h14-15H,4-13H2,1-3H3/q+1. The number of hydrogen-bond acceptors (Lipinski definition) is 1. The van der Waals surface area contributed by atoms with E-state index in [1.807, 2.05) is 0 Å². The van der Waals surface area contributed by atoms with Gasteiger partial charge in [-0.05, 0) is 58.0 Å². The Labute approximate surface area is 108 Å². The Balaban J connectivity index is 1.73. The van der Waals surface area contributed by atoms with Crippen LogP contribution in [0.5, 0.6) is 0 Å². The van der Waals surface area contributed by atoms with Crippen LogP contribution in [0.15, 0.2) is 0 Å². The third kappa shape index (κ3) is 3.96. The van der Waals surface area contributed by atoms with Crippen LogP contribution in [0.1, 0.15) is 45.4 Å². The van der Waals surface area contributed by atoms with Crippen LogP contribution in [0.3, 0.4) is 0 Å². The molecule has 0 bridgehead atoms. The third-order valence-electron chi connectivity index (χ3n) is 4.97. The lowest BCUT2D eigenvalue weighted by atomic mass is 9.89. The highest BCUT2D eigenvalue weighted by Crippen LogP contribution is 2.26. The molecule has 2 aliphatic rings. The molecule has 0 aromatic heterocycles. The van der Waals surface area contributed by atoms with Crippen molar-refractivity contribution in [2.45, 2.75) is 51.5 Å². The van der Waals surface area contributed by atoms with Crippen LogP contribution < -0.4 is 0 Å². The van der Waals surface area contributed by atoms with E-state index in [1.165, 1.54) is 69.2 Å². The fraction of sp³-hybridized carbons (Fsp3) is 1.00. The van der Waals surface area contributed by atoms with Crippen molar-refractivity contribution in [2.24, 2.45) is 5.92 Å². The van der Waals surface area contributed by atoms with Crippen LogP contribution in [0, 0.1) is 5.92 Å². The van der Waals surface area contributed by atoms with Crippen LogP contribution in [-0.2, 0) is 0 Å². The van der Waals surface area contributed by atoms with Gasteiger partial charge in [-0.25, -0.2) is 0 Å². The molecular weight excluding hydrogens is 208 g/mol. The lowest BCUT2D eigenvalue weighted by Crippen LogP contribution is -2.47. The van der Waals surface area contributed by atoms with E-state index in [0.29, 0.717) is 0 Å². The fourth-order valence-corrected chi connectivity index (χ4v) is 3.55. The summed E-state index contributed by atoms with van der Waals surface area (Å²) in [5.41, 5.74) is 0. The van der Waals surface area contributed by atoms with Gasteiger partial charge in [-0.15, -0.1) is 0 Å². The second kappa shape index (κ2) is 5.71. The van der Waals surface area contributed by atoms with E-state index < -0.39 is 0 Å². The molecule has 0 aliphatic carbocycles. The maximum absolute atomic E-state index is 2.73. The molecule has 0 spiro atoms. The van der Waals surface area contributed by atoms with Crippen LogP contribution in [0.2, 0.25) is 0 Å². The maximum atomic E-state index is 2.73. The van der Waals surface area contributed by atoms with E-state index in [-0.39, 0.29) is 0 Å². The Kier molecular flexibility index (Phi) is 4.48. The average Bonchev–Trinajstić information content (AvgIpc) is 2.33. The first-order valence-electron chi connectivity index (χ1n) is 7.63. The minimum Gasteiger partial charge on any atom is -0.328 e. The van der Waals surface area contributed by atoms with Crippen molar-refractivity contribution in [2.75, 3.05) is 40.3 Å². The lowest BCUT2D eigenvalue weighted by molar-refractivity contribution is -0.896. The summed E-state index contributed by atoms with van der Waals surface area (Å²) >= 11 is 0. The van der Waals surface area contributed by atoms with E-state index in [1.54, 1.807) is 0 Å². The topological polar surface area (TPSA) is 3.24 Å². The van der Waals surface area contributed by atoms with Gasteiger partial charge in [0.1, 0.15) is 0 Å². The smallest absolute Gasteiger partial charge is 0.0785 e. The zero-order chi connectivity index (χ0) is 12.3. The molecule has 0 aromatic carbocycles. The molecule has 2 saturated heterocycles. The van der Waals surface area contributed by atoms with E-state index in [9.17, 15) is 0 Å². The van der Waals surface area contributed by atoms with Gasteiger partial charge in [0.15, 0.2) is 0 Å². The van der Waals surface area contributed by atoms with E-state index in [0.717, 1.165) is 12.0 Å². The largest absolute Gasteiger partial charge is 0.328 e. The second-order valence-electron chi connectivity index (χ2n) is 7.01. The van der Waals surface area contributed by atoms with Gasteiger partial charge < -0.3 is 9.38 Å². The highest BCUT2D eigenvalue weighted by molar-refractivity contribution is 4.75. The molecule has 2 aliphatic heterocycles. The van der Waals surface area contributed by atoms with Crippen molar-refractivity contribution < 1.29 is 4.48 Å². The summed E-state index contributed by atoms with van der Waals surface area (Å²) in [5, 5.41) is 0. The van der Waals surface area contributed by atoms with Crippen LogP contribution >= 0.6 is 0 Å². The van der Waals surface area contributed by atoms with Crippen molar-refractivity contribution >= 4 is 0 Å². The molecule has 2 fully saturated rings. The highest BCUT2D eigenvalue weighted by atomic mass is 15.3. The van der Waals surface area contributed by atoms with Crippen molar-refractivity contribution in [3.05, 3.63) is 0 Å². The van der Waals surface area contributed by atoms with E-state index in [2.05, 4.69) is 25.9 Å². The van der Waals surface area contributed by atoms with Crippen molar-refractivity contribution in [3.8, 4) is 0 Å². The fourth-order valence-electron chi connectivity index (χ4n) is 3.55. The molecule has 0 saturated carbocycles. The minimum atomic E-state index is 0.828. The molecule has 2 heteroatoms. The first kappa shape index (κ1) is 13.4. The van der Waals surface area contributed by atoms with Gasteiger partial charge >= 0.3 is 0 Å². The Morgan fingerprint density at radius 1 is 1.06 bits per heavy atom. The molecule has 0 aromatic rings. The molecule has 2 heterocycles. The normalized spacial score (nSPS) is 29.1. The van der Waals surface area contributed by atoms with Gasteiger partial charge in [-0.3, -0.25) is 0 Å². The molecule has 0 N–H and O–H groups in total. The van der Waals surface area contributed by atoms with Gasteiger partial charge in [0.2, 0.25) is 0 Å². The Hall–Kier alpha value is -0.0800. The molecule has 0 radical (unpaired) electrons. The maximum Gasteiger partial charge on any atom is 0.0785 e. The summed E-state index contributed by atoms with van der Waals surface area (Å²) < 4.78 is 1.24. The van der Waals surface area contributed by atoms with Gasteiger partial charge in [0, 0.05) is 6.04 Å². The molecule has 1 unspecified atom stereocenters. The second-order valence-corrected chi connectivity index (χ2v) is 7.01. The lowest BCUT2D eigenvalue weighted by Gasteiger charge is -2.40. The first-order chi connectivity index (χ1) is 8.07. The van der Waals surface area contributed by atoms with Crippen LogP contribution in [0.4, 0.5) is 0 Å². The average molecular weight is 239 g/mol. The number of rotatable bonds is 3. The number of nitrogens with zero attached hydrogens (tertiary/aromatic N) is 2. The van der Waals surface area contributed by atoms with Crippen LogP contribution in [-0.4, -0.2) is 55.7 Å². The van der Waals surface area contributed by atoms with Crippen molar-refractivity contribution in [3.63, 3.8) is 0 Å². The number of quaternary nitrogens is 1. The molecule has 17 heavy (non-hydrogen) atoms. The summed E-state index contributed by atoms with van der Waals surface area (Å²) in [4.78, 5) is 2.73. The van der Waals surface area contributed by atoms with Crippen LogP contribution in [0.25, 0.3) is 0 Å². The predicted molar refractivity (Wildman–Crippen MR) is 74.1 cm³/mol. The number of hydrogen-bond donors (Lipinski definition) is 0. The summed E-state index contributed by atoms with van der Waals surface area (Å²) in [7, 11) is 4.76. The summed E-state index contributed by atoms with van der Waals surface area (Å²) in [6, 6.07) is 0.828. The SMILES string of the molecule is CC(CC1CC[N+](C)(C)CC1)N1CCCCC1. The predicted octanol–water partition coefficient (Wildman–Crippen LogP) is 2.74. The Morgan fingerprint density at radius 3 is 2.24 bits per heavy atom. The number of likely N-dealkylation sites (tertiary alicyclic amines) is 2. The Bertz CT molecular complexity index is 221. The summed E-state index contributed by atoms with van der Waals surface area (Å²) in [5.74, 6) is 0.998. The quantitative estimate of drug-likeness (QED) is 0.685. The molecule has 100 valence electrons. The van der Waals surface area contributed by atoms with Gasteiger partial charge in [-0.2, -0.15) is 0 Å². The monoisotopic (exact) mass is 239 g/mol. The first-order valence-corrected chi connectivity index (χ1v) is 7.63. The molecule has 1 atom stereocenters. The zero-order valence-corrected chi connectivity index (χ0v) is 12.1. The minimum absolute atomic E-state index is 0.828. The summed E-state index contributed by atoms with van der Waals surface area (Å²) in [6.07, 6.45) is 8.66. The molecule has 0 amide bonds. The number of piperidine rings is 2. The van der Waals surface area contributed by atoms with E-state index in [4.69, 9.17) is 0 Å².